The van der Waals surface area contributed by atoms with Crippen LogP contribution in [0, 0.1) is 0 Å². The predicted molar refractivity (Wildman–Crippen MR) is 84.6 cm³/mol. The van der Waals surface area contributed by atoms with Crippen LogP contribution in [0.2, 0.25) is 0 Å². The zero-order chi connectivity index (χ0) is 15.8. The highest BCUT2D eigenvalue weighted by molar-refractivity contribution is 5.84. The molecule has 1 amide bonds. The van der Waals surface area contributed by atoms with E-state index in [2.05, 4.69) is 20.9 Å². The molecule has 0 atom stereocenters. The van der Waals surface area contributed by atoms with E-state index in [1.807, 2.05) is 13.8 Å². The monoisotopic (exact) mass is 302 g/mol. The SMILES string of the molecule is CCCNC(=O)CN=C(NCC)NCCCOCCOC. The number of ether oxygens (including phenoxy) is 2. The van der Waals surface area contributed by atoms with Crippen LogP contribution in [-0.4, -0.2) is 65.0 Å². The molecule has 0 unspecified atom stereocenters. The van der Waals surface area contributed by atoms with E-state index in [1.54, 1.807) is 7.11 Å². The number of aliphatic imine (C=N–C) groups is 1. The fourth-order valence-corrected chi connectivity index (χ4v) is 1.44. The maximum atomic E-state index is 11.5. The van der Waals surface area contributed by atoms with Crippen LogP contribution in [0.3, 0.4) is 0 Å². The molecule has 0 fully saturated rings. The summed E-state index contributed by atoms with van der Waals surface area (Å²) in [6, 6.07) is 0. The van der Waals surface area contributed by atoms with Crippen molar-refractivity contribution >= 4 is 11.9 Å². The van der Waals surface area contributed by atoms with Crippen molar-refractivity contribution in [3.05, 3.63) is 0 Å². The van der Waals surface area contributed by atoms with Gasteiger partial charge in [0.25, 0.3) is 0 Å². The van der Waals surface area contributed by atoms with Gasteiger partial charge in [-0.15, -0.1) is 0 Å². The van der Waals surface area contributed by atoms with Crippen molar-refractivity contribution in [1.29, 1.82) is 0 Å². The number of guanidine groups is 1. The third-order valence-electron chi connectivity index (χ3n) is 2.49. The number of methoxy groups -OCH3 is 1. The van der Waals surface area contributed by atoms with Crippen molar-refractivity contribution in [3.63, 3.8) is 0 Å². The first-order valence-electron chi connectivity index (χ1n) is 7.60. The average Bonchev–Trinajstić information content (AvgIpc) is 2.49. The Kier molecular flexibility index (Phi) is 14.1. The lowest BCUT2D eigenvalue weighted by Gasteiger charge is -2.11. The van der Waals surface area contributed by atoms with Crippen LogP contribution in [0.4, 0.5) is 0 Å². The molecule has 0 heterocycles. The normalized spacial score (nSPS) is 11.3. The number of nitrogens with one attached hydrogen (secondary N) is 3. The van der Waals surface area contributed by atoms with E-state index in [0.717, 1.165) is 25.9 Å². The zero-order valence-electron chi connectivity index (χ0n) is 13.5. The Morgan fingerprint density at radius 3 is 2.52 bits per heavy atom. The number of amides is 1. The van der Waals surface area contributed by atoms with Crippen molar-refractivity contribution < 1.29 is 14.3 Å². The van der Waals surface area contributed by atoms with Crippen LogP contribution in [0.1, 0.15) is 26.7 Å². The van der Waals surface area contributed by atoms with Gasteiger partial charge < -0.3 is 25.4 Å². The summed E-state index contributed by atoms with van der Waals surface area (Å²) in [5, 5.41) is 9.07. The Balaban J connectivity index is 3.81. The minimum Gasteiger partial charge on any atom is -0.382 e. The molecule has 0 aromatic rings. The summed E-state index contributed by atoms with van der Waals surface area (Å²) < 4.78 is 10.3. The molecule has 3 N–H and O–H groups in total. The van der Waals surface area contributed by atoms with Crippen LogP contribution in [-0.2, 0) is 14.3 Å². The fraction of sp³-hybridized carbons (Fsp3) is 0.857. The Morgan fingerprint density at radius 2 is 1.86 bits per heavy atom. The molecule has 7 nitrogen and oxygen atoms in total. The molecule has 0 aliphatic rings. The number of hydrogen-bond acceptors (Lipinski definition) is 4. The topological polar surface area (TPSA) is 84.0 Å². The molecule has 124 valence electrons. The van der Waals surface area contributed by atoms with Gasteiger partial charge >= 0.3 is 0 Å². The lowest BCUT2D eigenvalue weighted by molar-refractivity contribution is -0.119. The first kappa shape index (κ1) is 19.7. The third kappa shape index (κ3) is 13.4. The Morgan fingerprint density at radius 1 is 1.05 bits per heavy atom. The maximum absolute atomic E-state index is 11.5. The molecular weight excluding hydrogens is 272 g/mol. The molecular formula is C14H30N4O3. The maximum Gasteiger partial charge on any atom is 0.241 e. The molecule has 0 spiro atoms. The summed E-state index contributed by atoms with van der Waals surface area (Å²) in [5.41, 5.74) is 0. The van der Waals surface area contributed by atoms with Crippen LogP contribution in [0.25, 0.3) is 0 Å². The Labute approximate surface area is 127 Å². The van der Waals surface area contributed by atoms with E-state index in [4.69, 9.17) is 9.47 Å². The molecule has 0 saturated heterocycles. The van der Waals surface area contributed by atoms with E-state index in [-0.39, 0.29) is 12.5 Å². The van der Waals surface area contributed by atoms with E-state index in [9.17, 15) is 4.79 Å². The van der Waals surface area contributed by atoms with Crippen LogP contribution < -0.4 is 16.0 Å². The van der Waals surface area contributed by atoms with Gasteiger partial charge in [-0.25, -0.2) is 4.99 Å². The van der Waals surface area contributed by atoms with Gasteiger partial charge in [0, 0.05) is 33.4 Å². The van der Waals surface area contributed by atoms with Crippen LogP contribution in [0.5, 0.6) is 0 Å². The van der Waals surface area contributed by atoms with Crippen LogP contribution in [0.15, 0.2) is 4.99 Å². The number of hydrogen-bond donors (Lipinski definition) is 3. The number of rotatable bonds is 12. The Bertz CT molecular complexity index is 285. The molecule has 0 radical (unpaired) electrons. The van der Waals surface area contributed by atoms with Crippen molar-refractivity contribution in [1.82, 2.24) is 16.0 Å². The summed E-state index contributed by atoms with van der Waals surface area (Å²) in [7, 11) is 1.65. The number of nitrogens with zero attached hydrogens (tertiary/aromatic N) is 1. The Hall–Kier alpha value is -1.34. The van der Waals surface area contributed by atoms with Crippen molar-refractivity contribution in [3.8, 4) is 0 Å². The van der Waals surface area contributed by atoms with E-state index >= 15 is 0 Å². The molecule has 0 aromatic heterocycles. The molecule has 7 heteroatoms. The highest BCUT2D eigenvalue weighted by Gasteiger charge is 2.01. The fourth-order valence-electron chi connectivity index (χ4n) is 1.44. The first-order valence-corrected chi connectivity index (χ1v) is 7.60. The lowest BCUT2D eigenvalue weighted by atomic mass is 10.4. The molecule has 0 aromatic carbocycles. The van der Waals surface area contributed by atoms with Gasteiger partial charge in [-0.05, 0) is 19.8 Å². The molecule has 0 aliphatic carbocycles. The summed E-state index contributed by atoms with van der Waals surface area (Å²) in [6.45, 7) is 8.24. The number of carbonyl (C=O) groups excluding carboxylic acids is 1. The first-order chi connectivity index (χ1) is 10.2. The largest absolute Gasteiger partial charge is 0.382 e. The van der Waals surface area contributed by atoms with Gasteiger partial charge in [-0.2, -0.15) is 0 Å². The van der Waals surface area contributed by atoms with Gasteiger partial charge in [-0.3, -0.25) is 4.79 Å². The summed E-state index contributed by atoms with van der Waals surface area (Å²) in [6.07, 6.45) is 1.80. The van der Waals surface area contributed by atoms with Crippen LogP contribution >= 0.6 is 0 Å². The second kappa shape index (κ2) is 15.1. The number of carbonyl (C=O) groups is 1. The van der Waals surface area contributed by atoms with Gasteiger partial charge in [0.2, 0.25) is 5.91 Å². The summed E-state index contributed by atoms with van der Waals surface area (Å²) in [5.74, 6) is 0.595. The second-order valence-electron chi connectivity index (χ2n) is 4.43. The van der Waals surface area contributed by atoms with E-state index in [0.29, 0.717) is 32.3 Å². The van der Waals surface area contributed by atoms with Gasteiger partial charge in [0.15, 0.2) is 5.96 Å². The quantitative estimate of drug-likeness (QED) is 0.271. The minimum absolute atomic E-state index is 0.0584. The lowest BCUT2D eigenvalue weighted by Crippen LogP contribution is -2.39. The predicted octanol–water partition coefficient (Wildman–Crippen LogP) is 0.121. The average molecular weight is 302 g/mol. The van der Waals surface area contributed by atoms with Crippen molar-refractivity contribution in [2.45, 2.75) is 26.7 Å². The highest BCUT2D eigenvalue weighted by Crippen LogP contribution is 1.83. The molecule has 0 bridgehead atoms. The summed E-state index contributed by atoms with van der Waals surface area (Å²) >= 11 is 0. The van der Waals surface area contributed by atoms with E-state index < -0.39 is 0 Å². The van der Waals surface area contributed by atoms with Crippen molar-refractivity contribution in [2.24, 2.45) is 4.99 Å². The van der Waals surface area contributed by atoms with Gasteiger partial charge in [-0.1, -0.05) is 6.92 Å². The molecule has 0 rings (SSSR count). The highest BCUT2D eigenvalue weighted by atomic mass is 16.5. The molecule has 0 saturated carbocycles. The van der Waals surface area contributed by atoms with Gasteiger partial charge in [0.1, 0.15) is 6.54 Å². The standard InChI is InChI=1S/C14H30N4O3/c1-4-7-16-13(19)12-18-14(15-5-2)17-8-6-9-21-11-10-20-3/h4-12H2,1-3H3,(H,16,19)(H2,15,17,18). The van der Waals surface area contributed by atoms with Gasteiger partial charge in [0.05, 0.1) is 13.2 Å². The second-order valence-corrected chi connectivity index (χ2v) is 4.43. The summed E-state index contributed by atoms with van der Waals surface area (Å²) in [4.78, 5) is 15.7. The zero-order valence-corrected chi connectivity index (χ0v) is 13.5. The smallest absolute Gasteiger partial charge is 0.241 e. The third-order valence-corrected chi connectivity index (χ3v) is 2.49. The molecule has 21 heavy (non-hydrogen) atoms. The van der Waals surface area contributed by atoms with E-state index in [1.165, 1.54) is 0 Å². The van der Waals surface area contributed by atoms with Crippen molar-refractivity contribution in [2.75, 3.05) is 53.1 Å². The molecule has 0 aliphatic heterocycles. The minimum atomic E-state index is -0.0584.